The van der Waals surface area contributed by atoms with Crippen molar-refractivity contribution in [3.63, 3.8) is 0 Å². The smallest absolute Gasteiger partial charge is 0.234 e. The topological polar surface area (TPSA) is 79.8 Å². The maximum atomic E-state index is 13.8. The normalized spacial score (nSPS) is 11.0. The van der Waals surface area contributed by atoms with Gasteiger partial charge in [0.05, 0.1) is 21.7 Å². The summed E-state index contributed by atoms with van der Waals surface area (Å²) in [5.74, 6) is -0.324. The van der Waals surface area contributed by atoms with Crippen LogP contribution >= 0.6 is 34.4 Å². The van der Waals surface area contributed by atoms with Gasteiger partial charge in [0.25, 0.3) is 0 Å². The molecule has 5 aromatic rings. The average Bonchev–Trinajstić information content (AvgIpc) is 3.46. The lowest BCUT2D eigenvalue weighted by molar-refractivity contribution is -0.113. The lowest BCUT2D eigenvalue weighted by atomic mass is 10.2. The zero-order chi connectivity index (χ0) is 23.5. The molecule has 0 fully saturated rings. The highest BCUT2D eigenvalue weighted by atomic mass is 32.2. The number of rotatable bonds is 7. The number of hydrogen-bond acceptors (Lipinski definition) is 8. The minimum Gasteiger partial charge on any atom is -0.328 e. The maximum Gasteiger partial charge on any atom is 0.234 e. The van der Waals surface area contributed by atoms with Gasteiger partial charge in [-0.2, -0.15) is 0 Å². The number of nitrogens with one attached hydrogen (secondary N) is 2. The molecule has 0 bridgehead atoms. The fourth-order valence-corrected chi connectivity index (χ4v) is 5.81. The van der Waals surface area contributed by atoms with Crippen LogP contribution in [0.1, 0.15) is 5.56 Å². The number of aromatic nitrogens is 3. The van der Waals surface area contributed by atoms with Crippen LogP contribution in [-0.2, 0) is 4.79 Å². The van der Waals surface area contributed by atoms with Crippen LogP contribution in [0.15, 0.2) is 71.1 Å². The summed E-state index contributed by atoms with van der Waals surface area (Å²) >= 11 is 4.20. The van der Waals surface area contributed by atoms with E-state index in [0.717, 1.165) is 20.8 Å². The number of benzene rings is 3. The molecule has 0 aliphatic rings. The van der Waals surface area contributed by atoms with E-state index in [0.29, 0.717) is 20.8 Å². The predicted octanol–water partition coefficient (Wildman–Crippen LogP) is 6.74. The van der Waals surface area contributed by atoms with Crippen LogP contribution in [0.4, 0.5) is 20.9 Å². The van der Waals surface area contributed by atoms with Gasteiger partial charge in [-0.3, -0.25) is 4.79 Å². The van der Waals surface area contributed by atoms with Gasteiger partial charge in [-0.15, -0.1) is 21.5 Å². The number of thioether (sulfide) groups is 1. The molecule has 10 heteroatoms. The summed E-state index contributed by atoms with van der Waals surface area (Å²) in [5.41, 5.74) is 4.26. The van der Waals surface area contributed by atoms with Crippen molar-refractivity contribution in [1.82, 2.24) is 15.2 Å². The molecule has 0 aliphatic carbocycles. The highest BCUT2D eigenvalue weighted by Gasteiger charge is 2.11. The van der Waals surface area contributed by atoms with Crippen LogP contribution in [-0.4, -0.2) is 26.8 Å². The number of nitrogens with zero attached hydrogens (tertiary/aromatic N) is 3. The quantitative estimate of drug-likeness (QED) is 0.238. The van der Waals surface area contributed by atoms with E-state index in [1.54, 1.807) is 29.5 Å². The van der Waals surface area contributed by atoms with Crippen molar-refractivity contribution >= 4 is 67.1 Å². The number of halogens is 1. The Kier molecular flexibility index (Phi) is 6.52. The van der Waals surface area contributed by atoms with Gasteiger partial charge in [0.1, 0.15) is 10.8 Å². The van der Waals surface area contributed by atoms with Gasteiger partial charge in [-0.25, -0.2) is 9.37 Å². The number of carbonyl (C=O) groups excluding carboxylic acids is 1. The molecule has 170 valence electrons. The maximum absolute atomic E-state index is 13.8. The van der Waals surface area contributed by atoms with Crippen LogP contribution in [0.2, 0.25) is 0 Å². The Hall–Kier alpha value is -3.34. The first kappa shape index (κ1) is 22.5. The summed E-state index contributed by atoms with van der Waals surface area (Å²) in [5, 5.41) is 15.3. The third-order valence-corrected chi connectivity index (χ3v) is 7.85. The van der Waals surface area contributed by atoms with E-state index in [2.05, 4.69) is 39.9 Å². The Balaban J connectivity index is 1.16. The molecule has 34 heavy (non-hydrogen) atoms. The molecule has 6 nitrogen and oxygen atoms in total. The number of carbonyl (C=O) groups is 1. The van der Waals surface area contributed by atoms with Crippen molar-refractivity contribution in [2.24, 2.45) is 0 Å². The lowest BCUT2D eigenvalue weighted by Crippen LogP contribution is -2.13. The second-order valence-electron chi connectivity index (χ2n) is 7.38. The minimum absolute atomic E-state index is 0.146. The molecular weight excluding hydrogens is 489 g/mol. The van der Waals surface area contributed by atoms with Gasteiger partial charge in [0.15, 0.2) is 4.34 Å². The molecule has 2 heterocycles. The highest BCUT2D eigenvalue weighted by molar-refractivity contribution is 8.01. The number of fused-ring (bicyclic) bond motifs is 1. The molecule has 3 aromatic carbocycles. The second-order valence-corrected chi connectivity index (χ2v) is 10.6. The molecule has 0 atom stereocenters. The van der Waals surface area contributed by atoms with E-state index in [9.17, 15) is 9.18 Å². The molecule has 0 radical (unpaired) electrons. The van der Waals surface area contributed by atoms with E-state index in [4.69, 9.17) is 4.98 Å². The number of para-hydroxylation sites is 1. The number of thiazole rings is 1. The van der Waals surface area contributed by atoms with Gasteiger partial charge >= 0.3 is 0 Å². The zero-order valence-electron chi connectivity index (χ0n) is 17.9. The van der Waals surface area contributed by atoms with Gasteiger partial charge in [0.2, 0.25) is 11.0 Å². The molecule has 1 amide bonds. The van der Waals surface area contributed by atoms with E-state index in [-0.39, 0.29) is 17.5 Å². The summed E-state index contributed by atoms with van der Waals surface area (Å²) in [4.78, 5) is 17.1. The third-order valence-electron chi connectivity index (χ3n) is 4.81. The first-order valence-electron chi connectivity index (χ1n) is 10.3. The summed E-state index contributed by atoms with van der Waals surface area (Å²) in [6.07, 6.45) is 0. The van der Waals surface area contributed by atoms with Crippen molar-refractivity contribution in [1.29, 1.82) is 0 Å². The van der Waals surface area contributed by atoms with Crippen LogP contribution in [0.25, 0.3) is 20.8 Å². The molecule has 2 N–H and O–H groups in total. The fraction of sp³-hybridized carbons (Fsp3) is 0.0833. The molecule has 0 saturated heterocycles. The van der Waals surface area contributed by atoms with E-state index in [1.807, 2.05) is 30.3 Å². The fourth-order valence-electron chi connectivity index (χ4n) is 3.17. The zero-order valence-corrected chi connectivity index (χ0v) is 20.4. The molecule has 5 rings (SSSR count). The van der Waals surface area contributed by atoms with Crippen LogP contribution < -0.4 is 10.6 Å². The van der Waals surface area contributed by atoms with Crippen molar-refractivity contribution in [3.8, 4) is 10.6 Å². The number of amides is 1. The van der Waals surface area contributed by atoms with Crippen molar-refractivity contribution in [2.75, 3.05) is 16.4 Å². The average molecular weight is 508 g/mol. The molecule has 0 saturated carbocycles. The van der Waals surface area contributed by atoms with E-state index < -0.39 is 0 Å². The Bertz CT molecular complexity index is 1470. The van der Waals surface area contributed by atoms with Gasteiger partial charge in [-0.05, 0) is 61.0 Å². The van der Waals surface area contributed by atoms with Crippen LogP contribution in [0.5, 0.6) is 0 Å². The Morgan fingerprint density at radius 3 is 2.68 bits per heavy atom. The summed E-state index contributed by atoms with van der Waals surface area (Å²) in [7, 11) is 0. The van der Waals surface area contributed by atoms with E-state index >= 15 is 0 Å². The van der Waals surface area contributed by atoms with Crippen LogP contribution in [0, 0.1) is 12.7 Å². The number of anilines is 3. The number of hydrogen-bond donors (Lipinski definition) is 2. The monoisotopic (exact) mass is 507 g/mol. The van der Waals surface area contributed by atoms with Crippen LogP contribution in [0.3, 0.4) is 0 Å². The highest BCUT2D eigenvalue weighted by Crippen LogP contribution is 2.32. The van der Waals surface area contributed by atoms with E-state index in [1.165, 1.54) is 34.7 Å². The summed E-state index contributed by atoms with van der Waals surface area (Å²) in [6, 6.07) is 20.2. The Morgan fingerprint density at radius 2 is 1.85 bits per heavy atom. The van der Waals surface area contributed by atoms with Gasteiger partial charge in [-0.1, -0.05) is 41.3 Å². The molecule has 0 spiro atoms. The standard InChI is InChI=1S/C24H18FN5OS3/c1-14-6-11-19-20(12-14)33-22(27-19)15-7-9-16(10-8-15)26-21(31)13-32-24-30-29-23(34-24)28-18-5-3-2-4-17(18)25/h2-12H,13H2,1H3,(H,26,31)(H,28,29). The second kappa shape index (κ2) is 9.88. The van der Waals surface area contributed by atoms with Gasteiger partial charge in [0, 0.05) is 11.3 Å². The Labute approximate surface area is 207 Å². The summed E-state index contributed by atoms with van der Waals surface area (Å²) in [6.45, 7) is 2.07. The Morgan fingerprint density at radius 1 is 1.03 bits per heavy atom. The summed E-state index contributed by atoms with van der Waals surface area (Å²) < 4.78 is 15.5. The SMILES string of the molecule is Cc1ccc2nc(-c3ccc(NC(=O)CSc4nnc(Nc5ccccc5F)s4)cc3)sc2c1. The number of aryl methyl sites for hydroxylation is 1. The minimum atomic E-state index is -0.365. The van der Waals surface area contributed by atoms with Crippen molar-refractivity contribution < 1.29 is 9.18 Å². The molecule has 2 aromatic heterocycles. The van der Waals surface area contributed by atoms with Crippen molar-refractivity contribution in [2.45, 2.75) is 11.3 Å². The molecular formula is C24H18FN5OS3. The predicted molar refractivity (Wildman–Crippen MR) is 139 cm³/mol. The third kappa shape index (κ3) is 5.24. The molecule has 0 unspecified atom stereocenters. The van der Waals surface area contributed by atoms with Gasteiger partial charge < -0.3 is 10.6 Å². The lowest BCUT2D eigenvalue weighted by Gasteiger charge is -2.05. The first-order valence-corrected chi connectivity index (χ1v) is 12.9. The van der Waals surface area contributed by atoms with Crippen molar-refractivity contribution in [3.05, 3.63) is 78.1 Å². The molecule has 0 aliphatic heterocycles. The largest absolute Gasteiger partial charge is 0.328 e. The first-order chi connectivity index (χ1) is 16.5.